The highest BCUT2D eigenvalue weighted by atomic mass is 31.1. The van der Waals surface area contributed by atoms with Gasteiger partial charge < -0.3 is 0 Å². The summed E-state index contributed by atoms with van der Waals surface area (Å²) in [7, 11) is 0.739. The fourth-order valence-electron chi connectivity index (χ4n) is 2.14. The van der Waals surface area contributed by atoms with Crippen molar-refractivity contribution in [1.29, 1.82) is 0 Å². The average molecular weight is 250 g/mol. The van der Waals surface area contributed by atoms with Gasteiger partial charge in [0.1, 0.15) is 0 Å². The molecule has 3 aromatic rings. The van der Waals surface area contributed by atoms with Crippen molar-refractivity contribution in [2.75, 3.05) is 0 Å². The quantitative estimate of drug-likeness (QED) is 0.607. The van der Waals surface area contributed by atoms with E-state index >= 15 is 0 Å². The molecule has 0 spiro atoms. The summed E-state index contributed by atoms with van der Waals surface area (Å²) in [6.45, 7) is 2.18. The Morgan fingerprint density at radius 3 is 2.28 bits per heavy atom. The van der Waals surface area contributed by atoms with Crippen LogP contribution in [0.4, 0.5) is 0 Å². The first-order chi connectivity index (χ1) is 8.83. The highest BCUT2D eigenvalue weighted by molar-refractivity contribution is 7.55. The van der Waals surface area contributed by atoms with E-state index in [9.17, 15) is 0 Å². The number of hydrogen-bond donors (Lipinski definition) is 0. The van der Waals surface area contributed by atoms with Gasteiger partial charge >= 0.3 is 0 Å². The van der Waals surface area contributed by atoms with Crippen molar-refractivity contribution in [2.45, 2.75) is 6.92 Å². The number of fused-ring (bicyclic) bond motifs is 1. The zero-order valence-electron chi connectivity index (χ0n) is 10.4. The number of rotatable bonds is 2. The predicted octanol–water partition coefficient (Wildman–Crippen LogP) is 3.78. The predicted molar refractivity (Wildman–Crippen MR) is 82.7 cm³/mol. The van der Waals surface area contributed by atoms with Crippen LogP contribution in [0, 0.1) is 6.92 Å². The summed E-state index contributed by atoms with van der Waals surface area (Å²) in [4.78, 5) is 0. The fraction of sp³-hybridized carbons (Fsp3) is 0.0588. The lowest BCUT2D eigenvalue weighted by Crippen LogP contribution is -2.05. The van der Waals surface area contributed by atoms with Crippen molar-refractivity contribution in [3.63, 3.8) is 0 Å². The summed E-state index contributed by atoms with van der Waals surface area (Å²) in [5.74, 6) is 0. The van der Waals surface area contributed by atoms with E-state index in [1.807, 2.05) is 0 Å². The molecule has 0 aromatic heterocycles. The minimum atomic E-state index is 0.739. The molecule has 3 aromatic carbocycles. The van der Waals surface area contributed by atoms with Crippen LogP contribution >= 0.6 is 8.58 Å². The van der Waals surface area contributed by atoms with Gasteiger partial charge in [-0.25, -0.2) is 0 Å². The first-order valence-corrected chi connectivity index (χ1v) is 7.14. The highest BCUT2D eigenvalue weighted by Crippen LogP contribution is 2.18. The van der Waals surface area contributed by atoms with Crippen LogP contribution in [0.15, 0.2) is 66.7 Å². The Labute approximate surface area is 109 Å². The van der Waals surface area contributed by atoms with E-state index in [1.165, 1.54) is 26.9 Å². The van der Waals surface area contributed by atoms with Crippen molar-refractivity contribution >= 4 is 30.0 Å². The molecule has 88 valence electrons. The lowest BCUT2D eigenvalue weighted by Gasteiger charge is -2.07. The smallest absolute Gasteiger partial charge is 0.0178 e. The molecule has 0 saturated carbocycles. The van der Waals surface area contributed by atoms with Gasteiger partial charge in [0, 0.05) is 0 Å². The number of aryl methyl sites for hydroxylation is 1. The normalized spacial score (nSPS) is 11.4. The first-order valence-electron chi connectivity index (χ1n) is 6.14. The van der Waals surface area contributed by atoms with Crippen molar-refractivity contribution < 1.29 is 0 Å². The van der Waals surface area contributed by atoms with Gasteiger partial charge in [-0.15, -0.1) is 0 Å². The van der Waals surface area contributed by atoms with Gasteiger partial charge in [-0.05, 0) is 39.9 Å². The van der Waals surface area contributed by atoms with E-state index in [2.05, 4.69) is 73.7 Å². The minimum absolute atomic E-state index is 0.739. The molecule has 0 nitrogen and oxygen atoms in total. The largest absolute Gasteiger partial charge is 0.0620 e. The molecular weight excluding hydrogens is 235 g/mol. The molecule has 0 bridgehead atoms. The summed E-state index contributed by atoms with van der Waals surface area (Å²) >= 11 is 0. The second-order valence-corrected chi connectivity index (χ2v) is 5.87. The van der Waals surface area contributed by atoms with E-state index < -0.39 is 0 Å². The van der Waals surface area contributed by atoms with Crippen molar-refractivity contribution in [2.24, 2.45) is 0 Å². The SMILES string of the molecule is Cc1ccccc1Pc1ccc2ccccc2c1. The van der Waals surface area contributed by atoms with Crippen LogP contribution in [0.3, 0.4) is 0 Å². The molecule has 0 aliphatic carbocycles. The zero-order valence-corrected chi connectivity index (χ0v) is 11.4. The van der Waals surface area contributed by atoms with Gasteiger partial charge in [-0.2, -0.15) is 0 Å². The van der Waals surface area contributed by atoms with Gasteiger partial charge in [0.2, 0.25) is 0 Å². The van der Waals surface area contributed by atoms with Crippen LogP contribution < -0.4 is 10.6 Å². The third kappa shape index (κ3) is 2.30. The van der Waals surface area contributed by atoms with Crippen LogP contribution in [0.25, 0.3) is 10.8 Å². The number of hydrogen-bond acceptors (Lipinski definition) is 0. The maximum atomic E-state index is 2.31. The fourth-order valence-corrected chi connectivity index (χ4v) is 3.30. The first kappa shape index (κ1) is 11.4. The van der Waals surface area contributed by atoms with Crippen LogP contribution in [0.2, 0.25) is 0 Å². The van der Waals surface area contributed by atoms with E-state index in [0.29, 0.717) is 0 Å². The van der Waals surface area contributed by atoms with E-state index in [1.54, 1.807) is 0 Å². The molecule has 0 radical (unpaired) electrons. The molecule has 0 heterocycles. The van der Waals surface area contributed by atoms with Crippen molar-refractivity contribution in [3.8, 4) is 0 Å². The molecule has 1 atom stereocenters. The van der Waals surface area contributed by atoms with Crippen LogP contribution in [-0.4, -0.2) is 0 Å². The molecule has 0 fully saturated rings. The minimum Gasteiger partial charge on any atom is -0.0620 e. The maximum absolute atomic E-state index is 2.31. The molecule has 0 aliphatic rings. The Kier molecular flexibility index (Phi) is 3.13. The maximum Gasteiger partial charge on any atom is -0.0178 e. The highest BCUT2D eigenvalue weighted by Gasteiger charge is 2.00. The Bertz CT molecular complexity index is 686. The van der Waals surface area contributed by atoms with E-state index in [-0.39, 0.29) is 0 Å². The van der Waals surface area contributed by atoms with Gasteiger partial charge in [0.15, 0.2) is 0 Å². The van der Waals surface area contributed by atoms with E-state index in [4.69, 9.17) is 0 Å². The molecule has 3 rings (SSSR count). The molecule has 1 unspecified atom stereocenters. The molecule has 0 saturated heterocycles. The standard InChI is InChI=1S/C17H15P/c1-13-6-2-5-9-17(13)18-16-11-10-14-7-3-4-8-15(14)12-16/h2-12,18H,1H3. The third-order valence-corrected chi connectivity index (χ3v) is 4.60. The monoisotopic (exact) mass is 250 g/mol. The van der Waals surface area contributed by atoms with Crippen molar-refractivity contribution in [3.05, 3.63) is 72.3 Å². The Hall–Kier alpha value is -1.65. The summed E-state index contributed by atoms with van der Waals surface area (Å²) < 4.78 is 0. The summed E-state index contributed by atoms with van der Waals surface area (Å²) in [5, 5.41) is 5.49. The zero-order chi connectivity index (χ0) is 12.4. The molecular formula is C17H15P. The molecule has 1 heteroatoms. The lowest BCUT2D eigenvalue weighted by atomic mass is 10.1. The second-order valence-electron chi connectivity index (χ2n) is 4.50. The summed E-state index contributed by atoms with van der Waals surface area (Å²) in [5.41, 5.74) is 1.38. The van der Waals surface area contributed by atoms with Gasteiger partial charge in [-0.1, -0.05) is 69.2 Å². The second kappa shape index (κ2) is 4.92. The van der Waals surface area contributed by atoms with Gasteiger partial charge in [0.25, 0.3) is 0 Å². The molecule has 0 aliphatic heterocycles. The van der Waals surface area contributed by atoms with Gasteiger partial charge in [0.05, 0.1) is 0 Å². The topological polar surface area (TPSA) is 0 Å². The average Bonchev–Trinajstić information content (AvgIpc) is 2.41. The Morgan fingerprint density at radius 2 is 1.44 bits per heavy atom. The molecule has 0 amide bonds. The molecule has 0 N–H and O–H groups in total. The molecule has 18 heavy (non-hydrogen) atoms. The van der Waals surface area contributed by atoms with Crippen LogP contribution in [0.1, 0.15) is 5.56 Å². The van der Waals surface area contributed by atoms with Crippen LogP contribution in [0.5, 0.6) is 0 Å². The number of benzene rings is 3. The third-order valence-electron chi connectivity index (χ3n) is 3.17. The Morgan fingerprint density at radius 1 is 0.722 bits per heavy atom. The summed E-state index contributed by atoms with van der Waals surface area (Å²) in [6.07, 6.45) is 0. The Balaban J connectivity index is 1.98. The van der Waals surface area contributed by atoms with Crippen molar-refractivity contribution in [1.82, 2.24) is 0 Å². The van der Waals surface area contributed by atoms with E-state index in [0.717, 1.165) is 8.58 Å². The lowest BCUT2D eigenvalue weighted by molar-refractivity contribution is 1.52. The summed E-state index contributed by atoms with van der Waals surface area (Å²) in [6, 6.07) is 23.9. The van der Waals surface area contributed by atoms with Crippen LogP contribution in [-0.2, 0) is 0 Å². The van der Waals surface area contributed by atoms with Gasteiger partial charge in [-0.3, -0.25) is 0 Å².